The minimum Gasteiger partial charge on any atom is -0.478 e. The molecule has 3 rings (SSSR count). The Morgan fingerprint density at radius 3 is 2.27 bits per heavy atom. The maximum absolute atomic E-state index is 12.1. The summed E-state index contributed by atoms with van der Waals surface area (Å²) >= 11 is 0. The Morgan fingerprint density at radius 2 is 1.68 bits per heavy atom. The van der Waals surface area contributed by atoms with Crippen molar-refractivity contribution < 1.29 is 14.7 Å². The van der Waals surface area contributed by atoms with Crippen LogP contribution in [0.1, 0.15) is 39.1 Å². The number of nitrogens with one attached hydrogen (secondary N) is 1. The first-order valence-corrected chi connectivity index (χ1v) is 7.30. The van der Waals surface area contributed by atoms with Gasteiger partial charge in [-0.2, -0.15) is 0 Å². The number of aryl methyl sites for hydroxylation is 1. The third-order valence-electron chi connectivity index (χ3n) is 3.86. The van der Waals surface area contributed by atoms with Crippen LogP contribution in [0, 0.1) is 6.92 Å². The van der Waals surface area contributed by atoms with Crippen molar-refractivity contribution in [1.82, 2.24) is 5.32 Å². The van der Waals surface area contributed by atoms with Gasteiger partial charge < -0.3 is 10.4 Å². The molecule has 4 nitrogen and oxygen atoms in total. The Labute approximate surface area is 128 Å². The van der Waals surface area contributed by atoms with E-state index < -0.39 is 5.97 Å². The highest BCUT2D eigenvalue weighted by molar-refractivity contribution is 5.96. The summed E-state index contributed by atoms with van der Waals surface area (Å²) in [5, 5.41) is 11.9. The number of benzene rings is 2. The van der Waals surface area contributed by atoms with E-state index in [9.17, 15) is 9.59 Å². The van der Waals surface area contributed by atoms with Crippen molar-refractivity contribution in [3.63, 3.8) is 0 Å². The highest BCUT2D eigenvalue weighted by Crippen LogP contribution is 2.26. The summed E-state index contributed by atoms with van der Waals surface area (Å²) in [4.78, 5) is 23.1. The van der Waals surface area contributed by atoms with Crippen LogP contribution in [0.15, 0.2) is 42.5 Å². The zero-order valence-electron chi connectivity index (χ0n) is 12.3. The van der Waals surface area contributed by atoms with E-state index in [1.54, 1.807) is 24.3 Å². The van der Waals surface area contributed by atoms with E-state index in [0.717, 1.165) is 29.5 Å². The molecule has 0 atom stereocenters. The molecule has 0 heterocycles. The topological polar surface area (TPSA) is 66.4 Å². The molecule has 1 saturated carbocycles. The van der Waals surface area contributed by atoms with Gasteiger partial charge in [0.25, 0.3) is 5.91 Å². The van der Waals surface area contributed by atoms with Gasteiger partial charge in [-0.3, -0.25) is 4.79 Å². The van der Waals surface area contributed by atoms with Crippen molar-refractivity contribution >= 4 is 11.9 Å². The van der Waals surface area contributed by atoms with Crippen LogP contribution in [-0.2, 0) is 0 Å². The van der Waals surface area contributed by atoms with Crippen LogP contribution in [0.25, 0.3) is 11.1 Å². The second kappa shape index (κ2) is 5.64. The minimum atomic E-state index is -0.944. The number of aromatic carboxylic acids is 1. The second-order valence-electron chi connectivity index (χ2n) is 5.66. The van der Waals surface area contributed by atoms with Gasteiger partial charge in [-0.1, -0.05) is 18.2 Å². The van der Waals surface area contributed by atoms with E-state index in [1.165, 1.54) is 0 Å². The number of hydrogen-bond donors (Lipinski definition) is 2. The number of carboxylic acid groups (broad SMARTS) is 1. The zero-order valence-corrected chi connectivity index (χ0v) is 12.3. The summed E-state index contributed by atoms with van der Waals surface area (Å²) in [5.41, 5.74) is 3.79. The fraction of sp³-hybridized carbons (Fsp3) is 0.222. The third kappa shape index (κ3) is 3.01. The number of hydrogen-bond acceptors (Lipinski definition) is 2. The normalized spacial score (nSPS) is 13.7. The van der Waals surface area contributed by atoms with Crippen molar-refractivity contribution in [3.05, 3.63) is 59.2 Å². The Kier molecular flexibility index (Phi) is 3.67. The Balaban J connectivity index is 1.91. The lowest BCUT2D eigenvalue weighted by Gasteiger charge is -2.10. The molecule has 1 amide bonds. The monoisotopic (exact) mass is 295 g/mol. The molecule has 0 bridgehead atoms. The van der Waals surface area contributed by atoms with Crippen LogP contribution in [0.2, 0.25) is 0 Å². The number of carbonyl (C=O) groups is 2. The molecule has 0 spiro atoms. The van der Waals surface area contributed by atoms with E-state index >= 15 is 0 Å². The van der Waals surface area contributed by atoms with Gasteiger partial charge in [0.2, 0.25) is 0 Å². The molecule has 1 aliphatic rings. The van der Waals surface area contributed by atoms with Crippen molar-refractivity contribution in [2.45, 2.75) is 25.8 Å². The van der Waals surface area contributed by atoms with E-state index in [0.29, 0.717) is 11.6 Å². The molecule has 2 N–H and O–H groups in total. The average molecular weight is 295 g/mol. The molecule has 0 unspecified atom stereocenters. The molecule has 1 fully saturated rings. The molecular formula is C18H17NO3. The summed E-state index contributed by atoms with van der Waals surface area (Å²) in [7, 11) is 0. The largest absolute Gasteiger partial charge is 0.478 e. The molecule has 1 aliphatic carbocycles. The molecule has 0 saturated heterocycles. The summed E-state index contributed by atoms with van der Waals surface area (Å²) < 4.78 is 0. The quantitative estimate of drug-likeness (QED) is 0.910. The standard InChI is InChI=1S/C18H17NO3/c1-11-2-3-14(17(20)19-15-8-9-15)10-16(11)12-4-6-13(7-5-12)18(21)22/h2-7,10,15H,8-9H2,1H3,(H,19,20)(H,21,22). The smallest absolute Gasteiger partial charge is 0.335 e. The summed E-state index contributed by atoms with van der Waals surface area (Å²) in [6.07, 6.45) is 2.11. The van der Waals surface area contributed by atoms with Crippen LogP contribution < -0.4 is 5.32 Å². The van der Waals surface area contributed by atoms with E-state index in [1.807, 2.05) is 25.1 Å². The van der Waals surface area contributed by atoms with E-state index in [2.05, 4.69) is 5.32 Å². The first-order chi connectivity index (χ1) is 10.5. The fourth-order valence-corrected chi connectivity index (χ4v) is 2.36. The van der Waals surface area contributed by atoms with Crippen molar-refractivity contribution in [3.8, 4) is 11.1 Å². The van der Waals surface area contributed by atoms with Gasteiger partial charge in [0.1, 0.15) is 0 Å². The van der Waals surface area contributed by atoms with Gasteiger partial charge >= 0.3 is 5.97 Å². The Bertz CT molecular complexity index is 730. The van der Waals surface area contributed by atoms with Crippen molar-refractivity contribution in [1.29, 1.82) is 0 Å². The molecular weight excluding hydrogens is 278 g/mol. The number of amides is 1. The van der Waals surface area contributed by atoms with Crippen LogP contribution in [0.3, 0.4) is 0 Å². The number of rotatable bonds is 4. The second-order valence-corrected chi connectivity index (χ2v) is 5.66. The van der Waals surface area contributed by atoms with E-state index in [4.69, 9.17) is 5.11 Å². The van der Waals surface area contributed by atoms with Gasteiger partial charge in [0.15, 0.2) is 0 Å². The SMILES string of the molecule is Cc1ccc(C(=O)NC2CC2)cc1-c1ccc(C(=O)O)cc1. The van der Waals surface area contributed by atoms with Crippen LogP contribution in [0.5, 0.6) is 0 Å². The first-order valence-electron chi connectivity index (χ1n) is 7.30. The van der Waals surface area contributed by atoms with Gasteiger partial charge in [-0.25, -0.2) is 4.79 Å². The zero-order chi connectivity index (χ0) is 15.7. The minimum absolute atomic E-state index is 0.0501. The molecule has 2 aromatic carbocycles. The lowest BCUT2D eigenvalue weighted by Crippen LogP contribution is -2.25. The first kappa shape index (κ1) is 14.3. The molecule has 4 heteroatoms. The molecule has 0 aromatic heterocycles. The molecule has 22 heavy (non-hydrogen) atoms. The summed E-state index contributed by atoms with van der Waals surface area (Å²) in [6.45, 7) is 1.98. The Hall–Kier alpha value is -2.62. The summed E-state index contributed by atoms with van der Waals surface area (Å²) in [5.74, 6) is -0.994. The molecule has 0 aliphatic heterocycles. The lowest BCUT2D eigenvalue weighted by molar-refractivity contribution is 0.0696. The van der Waals surface area contributed by atoms with Gasteiger partial charge in [-0.05, 0) is 60.7 Å². The molecule has 2 aromatic rings. The Morgan fingerprint density at radius 1 is 1.05 bits per heavy atom. The fourth-order valence-electron chi connectivity index (χ4n) is 2.36. The number of carbonyl (C=O) groups excluding carboxylic acids is 1. The third-order valence-corrected chi connectivity index (χ3v) is 3.86. The van der Waals surface area contributed by atoms with Crippen LogP contribution in [-0.4, -0.2) is 23.0 Å². The maximum Gasteiger partial charge on any atom is 0.335 e. The van der Waals surface area contributed by atoms with Crippen molar-refractivity contribution in [2.75, 3.05) is 0 Å². The summed E-state index contributed by atoms with van der Waals surface area (Å²) in [6, 6.07) is 12.6. The molecule has 112 valence electrons. The lowest BCUT2D eigenvalue weighted by atomic mass is 9.97. The predicted octanol–water partition coefficient (Wildman–Crippen LogP) is 3.25. The number of carboxylic acids is 1. The predicted molar refractivity (Wildman–Crippen MR) is 84.1 cm³/mol. The van der Waals surface area contributed by atoms with Crippen LogP contribution in [0.4, 0.5) is 0 Å². The maximum atomic E-state index is 12.1. The highest BCUT2D eigenvalue weighted by Gasteiger charge is 2.24. The van der Waals surface area contributed by atoms with Gasteiger partial charge in [-0.15, -0.1) is 0 Å². The van der Waals surface area contributed by atoms with Crippen molar-refractivity contribution in [2.24, 2.45) is 0 Å². The van der Waals surface area contributed by atoms with Gasteiger partial charge in [0, 0.05) is 11.6 Å². The van der Waals surface area contributed by atoms with Gasteiger partial charge in [0.05, 0.1) is 5.56 Å². The average Bonchev–Trinajstić information content (AvgIpc) is 3.31. The molecule has 0 radical (unpaired) electrons. The van der Waals surface area contributed by atoms with Crippen LogP contribution >= 0.6 is 0 Å². The van der Waals surface area contributed by atoms with E-state index in [-0.39, 0.29) is 11.5 Å². The highest BCUT2D eigenvalue weighted by atomic mass is 16.4.